The maximum absolute atomic E-state index is 12.1. The average molecular weight is 274 g/mol. The van der Waals surface area contributed by atoms with Gasteiger partial charge in [0.25, 0.3) is 0 Å². The number of hydrogen-bond acceptors (Lipinski definition) is 3. The minimum absolute atomic E-state index is 0.0604. The first-order valence-corrected chi connectivity index (χ1v) is 7.37. The van der Waals surface area contributed by atoms with Crippen molar-refractivity contribution in [3.63, 3.8) is 0 Å². The summed E-state index contributed by atoms with van der Waals surface area (Å²) < 4.78 is 5.98. The summed E-state index contributed by atoms with van der Waals surface area (Å²) in [4.78, 5) is 14.1. The fraction of sp³-hybridized carbons (Fsp3) is 0.562. The van der Waals surface area contributed by atoms with Crippen LogP contribution in [0.4, 0.5) is 0 Å². The van der Waals surface area contributed by atoms with Crippen molar-refractivity contribution in [3.8, 4) is 5.75 Å². The van der Waals surface area contributed by atoms with Crippen LogP contribution in [0.3, 0.4) is 0 Å². The van der Waals surface area contributed by atoms with Gasteiger partial charge >= 0.3 is 0 Å². The van der Waals surface area contributed by atoms with Crippen molar-refractivity contribution >= 4 is 5.91 Å². The zero-order chi connectivity index (χ0) is 14.2. The molecule has 1 aromatic carbocycles. The lowest BCUT2D eigenvalue weighted by Crippen LogP contribution is -2.44. The lowest BCUT2D eigenvalue weighted by molar-refractivity contribution is -0.129. The van der Waals surface area contributed by atoms with Gasteiger partial charge in [-0.2, -0.15) is 0 Å². The highest BCUT2D eigenvalue weighted by atomic mass is 16.5. The summed E-state index contributed by atoms with van der Waals surface area (Å²) in [6, 6.07) is 8.11. The fourth-order valence-corrected chi connectivity index (χ4v) is 3.15. The van der Waals surface area contributed by atoms with Gasteiger partial charge in [-0.05, 0) is 32.8 Å². The van der Waals surface area contributed by atoms with Crippen LogP contribution in [0.1, 0.15) is 38.3 Å². The van der Waals surface area contributed by atoms with Crippen LogP contribution in [0, 0.1) is 0 Å². The molecule has 1 amide bonds. The van der Waals surface area contributed by atoms with E-state index in [1.165, 1.54) is 0 Å². The van der Waals surface area contributed by atoms with Gasteiger partial charge in [0.1, 0.15) is 11.4 Å². The molecule has 4 nitrogen and oxygen atoms in total. The quantitative estimate of drug-likeness (QED) is 0.918. The Hall–Kier alpha value is -1.55. The summed E-state index contributed by atoms with van der Waals surface area (Å²) in [5.41, 5.74) is 0.821. The van der Waals surface area contributed by atoms with Crippen LogP contribution >= 0.6 is 0 Å². The summed E-state index contributed by atoms with van der Waals surface area (Å²) in [6.07, 6.45) is 2.26. The Labute approximate surface area is 120 Å². The summed E-state index contributed by atoms with van der Waals surface area (Å²) in [5, 5.41) is 3.39. The molecule has 1 saturated heterocycles. The van der Waals surface area contributed by atoms with Gasteiger partial charge in [0.2, 0.25) is 5.91 Å². The van der Waals surface area contributed by atoms with Crippen molar-refractivity contribution in [1.29, 1.82) is 0 Å². The van der Waals surface area contributed by atoms with Crippen molar-refractivity contribution in [3.05, 3.63) is 29.8 Å². The van der Waals surface area contributed by atoms with E-state index in [1.807, 2.05) is 23.1 Å². The number of para-hydroxylation sites is 1. The monoisotopic (exact) mass is 274 g/mol. The van der Waals surface area contributed by atoms with E-state index in [1.54, 1.807) is 0 Å². The molecule has 1 aromatic rings. The van der Waals surface area contributed by atoms with E-state index < -0.39 is 0 Å². The second-order valence-corrected chi connectivity index (χ2v) is 6.15. The highest BCUT2D eigenvalue weighted by molar-refractivity contribution is 5.78. The first-order chi connectivity index (χ1) is 9.58. The van der Waals surface area contributed by atoms with Crippen LogP contribution in [0.2, 0.25) is 0 Å². The van der Waals surface area contributed by atoms with Gasteiger partial charge < -0.3 is 9.64 Å². The molecule has 0 aromatic heterocycles. The van der Waals surface area contributed by atoms with Crippen molar-refractivity contribution in [2.45, 2.75) is 38.3 Å². The Bertz CT molecular complexity index is 507. The molecular weight excluding hydrogens is 252 g/mol. The SMILES string of the molecule is CC1(C)Oc2ccccc2C1NCC(=O)N1CCCC1. The van der Waals surface area contributed by atoms with E-state index in [4.69, 9.17) is 4.74 Å². The van der Waals surface area contributed by atoms with Gasteiger partial charge in [-0.1, -0.05) is 18.2 Å². The molecule has 0 spiro atoms. The second kappa shape index (κ2) is 5.09. The van der Waals surface area contributed by atoms with Crippen molar-refractivity contribution in [1.82, 2.24) is 10.2 Å². The highest BCUT2D eigenvalue weighted by Crippen LogP contribution is 2.42. The van der Waals surface area contributed by atoms with E-state index in [0.717, 1.165) is 37.2 Å². The Balaban J connectivity index is 1.68. The minimum atomic E-state index is -0.324. The molecule has 20 heavy (non-hydrogen) atoms. The zero-order valence-electron chi connectivity index (χ0n) is 12.2. The number of benzene rings is 1. The molecule has 1 N–H and O–H groups in total. The zero-order valence-corrected chi connectivity index (χ0v) is 12.2. The first kappa shape index (κ1) is 13.4. The van der Waals surface area contributed by atoms with E-state index in [0.29, 0.717) is 6.54 Å². The predicted molar refractivity (Wildman–Crippen MR) is 77.7 cm³/mol. The molecule has 0 bridgehead atoms. The van der Waals surface area contributed by atoms with Crippen LogP contribution < -0.4 is 10.1 Å². The Kier molecular flexibility index (Phi) is 3.42. The largest absolute Gasteiger partial charge is 0.486 e. The smallest absolute Gasteiger partial charge is 0.236 e. The Morgan fingerprint density at radius 2 is 2.05 bits per heavy atom. The molecule has 0 aliphatic carbocycles. The van der Waals surface area contributed by atoms with Crippen LogP contribution in [0.15, 0.2) is 24.3 Å². The molecule has 2 heterocycles. The topological polar surface area (TPSA) is 41.6 Å². The van der Waals surface area contributed by atoms with Gasteiger partial charge in [-0.25, -0.2) is 0 Å². The van der Waals surface area contributed by atoms with Crippen LogP contribution in [-0.2, 0) is 4.79 Å². The van der Waals surface area contributed by atoms with Gasteiger partial charge in [0.05, 0.1) is 12.6 Å². The molecule has 1 fully saturated rings. The lowest BCUT2D eigenvalue weighted by Gasteiger charge is -2.28. The molecule has 108 valence electrons. The fourth-order valence-electron chi connectivity index (χ4n) is 3.15. The van der Waals surface area contributed by atoms with Crippen LogP contribution in [0.5, 0.6) is 5.75 Å². The minimum Gasteiger partial charge on any atom is -0.486 e. The molecule has 0 saturated carbocycles. The number of carbonyl (C=O) groups excluding carboxylic acids is 1. The third kappa shape index (κ3) is 2.40. The maximum Gasteiger partial charge on any atom is 0.236 e. The van der Waals surface area contributed by atoms with Gasteiger partial charge in [-0.3, -0.25) is 10.1 Å². The Morgan fingerprint density at radius 3 is 2.80 bits per heavy atom. The number of fused-ring (bicyclic) bond motifs is 1. The molecule has 2 aliphatic heterocycles. The van der Waals surface area contributed by atoms with Gasteiger partial charge in [-0.15, -0.1) is 0 Å². The van der Waals surface area contributed by atoms with Gasteiger partial charge in [0, 0.05) is 18.7 Å². The maximum atomic E-state index is 12.1. The van der Waals surface area contributed by atoms with Crippen LogP contribution in [-0.4, -0.2) is 36.0 Å². The van der Waals surface area contributed by atoms with Gasteiger partial charge in [0.15, 0.2) is 0 Å². The van der Waals surface area contributed by atoms with Crippen LogP contribution in [0.25, 0.3) is 0 Å². The second-order valence-electron chi connectivity index (χ2n) is 6.15. The third-order valence-electron chi connectivity index (χ3n) is 4.21. The van der Waals surface area contributed by atoms with E-state index >= 15 is 0 Å². The lowest BCUT2D eigenvalue weighted by atomic mass is 9.94. The Morgan fingerprint density at radius 1 is 1.35 bits per heavy atom. The molecular formula is C16H22N2O2. The van der Waals surface area contributed by atoms with E-state index in [-0.39, 0.29) is 17.6 Å². The van der Waals surface area contributed by atoms with Crippen molar-refractivity contribution < 1.29 is 9.53 Å². The van der Waals surface area contributed by atoms with Crippen molar-refractivity contribution in [2.24, 2.45) is 0 Å². The molecule has 3 rings (SSSR count). The summed E-state index contributed by atoms with van der Waals surface area (Å²) in [6.45, 7) is 6.31. The summed E-state index contributed by atoms with van der Waals surface area (Å²) in [5.74, 6) is 1.12. The summed E-state index contributed by atoms with van der Waals surface area (Å²) in [7, 11) is 0. The highest BCUT2D eigenvalue weighted by Gasteiger charge is 2.40. The number of nitrogens with one attached hydrogen (secondary N) is 1. The van der Waals surface area contributed by atoms with E-state index in [9.17, 15) is 4.79 Å². The number of amides is 1. The number of likely N-dealkylation sites (tertiary alicyclic amines) is 1. The van der Waals surface area contributed by atoms with Crippen molar-refractivity contribution in [2.75, 3.05) is 19.6 Å². The number of carbonyl (C=O) groups is 1. The predicted octanol–water partition coefficient (Wildman–Crippen LogP) is 2.11. The number of hydrogen-bond donors (Lipinski definition) is 1. The summed E-state index contributed by atoms with van der Waals surface area (Å²) >= 11 is 0. The molecule has 0 radical (unpaired) electrons. The first-order valence-electron chi connectivity index (χ1n) is 7.37. The van der Waals surface area contributed by atoms with E-state index in [2.05, 4.69) is 25.2 Å². The number of rotatable bonds is 3. The number of ether oxygens (including phenoxy) is 1. The molecule has 1 atom stereocenters. The normalized spacial score (nSPS) is 23.5. The third-order valence-corrected chi connectivity index (χ3v) is 4.21. The molecule has 1 unspecified atom stereocenters. The number of nitrogens with zero attached hydrogens (tertiary/aromatic N) is 1. The standard InChI is InChI=1S/C16H22N2O2/c1-16(2)15(12-7-3-4-8-13(12)20-16)17-11-14(19)18-9-5-6-10-18/h3-4,7-8,15,17H,5-6,9-11H2,1-2H3. The molecule has 2 aliphatic rings. The molecule has 4 heteroatoms. The average Bonchev–Trinajstić information content (AvgIpc) is 3.01.